The maximum absolute atomic E-state index is 13.8. The lowest BCUT2D eigenvalue weighted by molar-refractivity contribution is 0.0696. The SMILES string of the molecule is Cc1ccc(C(=O)O)cc1-c1ccc(/C=N\NC(=O)c2ccc(C#N)cc2F)o1. The summed E-state index contributed by atoms with van der Waals surface area (Å²) in [5, 5.41) is 21.6. The van der Waals surface area contributed by atoms with Crippen molar-refractivity contribution in [2.75, 3.05) is 0 Å². The van der Waals surface area contributed by atoms with Gasteiger partial charge >= 0.3 is 5.97 Å². The number of aromatic carboxylic acids is 1. The summed E-state index contributed by atoms with van der Waals surface area (Å²) in [4.78, 5) is 23.1. The van der Waals surface area contributed by atoms with E-state index in [4.69, 9.17) is 14.8 Å². The molecule has 0 atom stereocenters. The maximum atomic E-state index is 13.8. The Hall–Kier alpha value is -4.25. The number of carbonyl (C=O) groups excluding carboxylic acids is 1. The number of furan rings is 1. The Morgan fingerprint density at radius 2 is 2.00 bits per heavy atom. The van der Waals surface area contributed by atoms with Crippen molar-refractivity contribution in [2.24, 2.45) is 5.10 Å². The van der Waals surface area contributed by atoms with Crippen molar-refractivity contribution < 1.29 is 23.5 Å². The van der Waals surface area contributed by atoms with Gasteiger partial charge in [0.25, 0.3) is 5.91 Å². The first kappa shape index (κ1) is 19.5. The normalized spacial score (nSPS) is 10.7. The van der Waals surface area contributed by atoms with Crippen molar-refractivity contribution in [1.29, 1.82) is 5.26 Å². The highest BCUT2D eigenvalue weighted by Gasteiger charge is 2.13. The fraction of sp³-hybridized carbons (Fsp3) is 0.0476. The number of carboxylic acid groups (broad SMARTS) is 1. The van der Waals surface area contributed by atoms with Crippen LogP contribution >= 0.6 is 0 Å². The van der Waals surface area contributed by atoms with Crippen LogP contribution in [0, 0.1) is 24.1 Å². The number of nitrogens with one attached hydrogen (secondary N) is 1. The van der Waals surface area contributed by atoms with Gasteiger partial charge < -0.3 is 9.52 Å². The van der Waals surface area contributed by atoms with Gasteiger partial charge in [-0.3, -0.25) is 4.79 Å². The molecule has 0 fully saturated rings. The monoisotopic (exact) mass is 391 g/mol. The second kappa shape index (κ2) is 8.19. The number of hydrazone groups is 1. The third kappa shape index (κ3) is 4.36. The number of carboxylic acids is 1. The molecule has 3 aromatic rings. The Kier molecular flexibility index (Phi) is 5.51. The van der Waals surface area contributed by atoms with Crippen molar-refractivity contribution in [3.63, 3.8) is 0 Å². The number of carbonyl (C=O) groups is 2. The Balaban J connectivity index is 1.73. The molecule has 0 saturated heterocycles. The molecular formula is C21H14FN3O4. The number of nitriles is 1. The zero-order chi connectivity index (χ0) is 21.0. The van der Waals surface area contributed by atoms with Crippen LogP contribution in [0.15, 0.2) is 58.0 Å². The summed E-state index contributed by atoms with van der Waals surface area (Å²) < 4.78 is 19.5. The van der Waals surface area contributed by atoms with E-state index in [0.717, 1.165) is 11.6 Å². The highest BCUT2D eigenvalue weighted by atomic mass is 19.1. The minimum Gasteiger partial charge on any atom is -0.478 e. The summed E-state index contributed by atoms with van der Waals surface area (Å²) in [7, 11) is 0. The van der Waals surface area contributed by atoms with Gasteiger partial charge in [0, 0.05) is 5.56 Å². The smallest absolute Gasteiger partial charge is 0.335 e. The topological polar surface area (TPSA) is 116 Å². The van der Waals surface area contributed by atoms with Crippen LogP contribution in [-0.2, 0) is 0 Å². The highest BCUT2D eigenvalue weighted by Crippen LogP contribution is 2.26. The molecule has 0 spiro atoms. The molecule has 7 nitrogen and oxygen atoms in total. The number of benzene rings is 2. The molecule has 2 N–H and O–H groups in total. The quantitative estimate of drug-likeness (QED) is 0.508. The minimum absolute atomic E-state index is 0.105. The van der Waals surface area contributed by atoms with Crippen molar-refractivity contribution in [3.05, 3.63) is 82.4 Å². The van der Waals surface area contributed by atoms with Crippen LogP contribution < -0.4 is 5.43 Å². The molecule has 0 unspecified atom stereocenters. The molecule has 1 heterocycles. The molecule has 3 rings (SSSR count). The number of hydrogen-bond donors (Lipinski definition) is 2. The van der Waals surface area contributed by atoms with Gasteiger partial charge in [-0.05, 0) is 55.0 Å². The van der Waals surface area contributed by atoms with Crippen molar-refractivity contribution in [1.82, 2.24) is 5.43 Å². The van der Waals surface area contributed by atoms with Crippen molar-refractivity contribution in [3.8, 4) is 17.4 Å². The van der Waals surface area contributed by atoms with Gasteiger partial charge in [-0.15, -0.1) is 0 Å². The lowest BCUT2D eigenvalue weighted by Crippen LogP contribution is -2.19. The van der Waals surface area contributed by atoms with E-state index in [1.807, 2.05) is 6.92 Å². The first-order valence-electron chi connectivity index (χ1n) is 8.36. The molecule has 0 bridgehead atoms. The van der Waals surface area contributed by atoms with Gasteiger partial charge in [-0.2, -0.15) is 10.4 Å². The Morgan fingerprint density at radius 1 is 1.21 bits per heavy atom. The first-order valence-corrected chi connectivity index (χ1v) is 8.36. The Labute approximate surface area is 164 Å². The van der Waals surface area contributed by atoms with Crippen molar-refractivity contribution >= 4 is 18.1 Å². The fourth-order valence-electron chi connectivity index (χ4n) is 2.57. The second-order valence-electron chi connectivity index (χ2n) is 6.04. The third-order valence-corrected chi connectivity index (χ3v) is 4.08. The average molecular weight is 391 g/mol. The van der Waals surface area contributed by atoms with Crippen LogP contribution in [0.4, 0.5) is 4.39 Å². The number of amides is 1. The largest absolute Gasteiger partial charge is 0.478 e. The van der Waals surface area contributed by atoms with Gasteiger partial charge in [0.1, 0.15) is 17.3 Å². The number of hydrogen-bond acceptors (Lipinski definition) is 5. The number of nitrogens with zero attached hydrogens (tertiary/aromatic N) is 2. The van der Waals surface area contributed by atoms with E-state index >= 15 is 0 Å². The number of halogens is 1. The fourth-order valence-corrected chi connectivity index (χ4v) is 2.57. The van der Waals surface area contributed by atoms with Gasteiger partial charge in [-0.25, -0.2) is 14.6 Å². The molecule has 8 heteroatoms. The predicted molar refractivity (Wildman–Crippen MR) is 102 cm³/mol. The Morgan fingerprint density at radius 3 is 2.69 bits per heavy atom. The van der Waals surface area contributed by atoms with Crippen LogP contribution in [-0.4, -0.2) is 23.2 Å². The summed E-state index contributed by atoms with van der Waals surface area (Å²) in [6.45, 7) is 1.82. The lowest BCUT2D eigenvalue weighted by Gasteiger charge is -2.04. The summed E-state index contributed by atoms with van der Waals surface area (Å²) in [6, 6.07) is 13.2. The summed E-state index contributed by atoms with van der Waals surface area (Å²) in [5.41, 5.74) is 3.62. The molecule has 29 heavy (non-hydrogen) atoms. The molecular weight excluding hydrogens is 377 g/mol. The zero-order valence-corrected chi connectivity index (χ0v) is 15.1. The molecule has 0 aliphatic heterocycles. The average Bonchev–Trinajstić information content (AvgIpc) is 3.16. The lowest BCUT2D eigenvalue weighted by atomic mass is 10.0. The molecule has 0 aliphatic rings. The van der Waals surface area contributed by atoms with Gasteiger partial charge in [0.2, 0.25) is 0 Å². The number of aryl methyl sites for hydroxylation is 1. The summed E-state index contributed by atoms with van der Waals surface area (Å²) in [6.07, 6.45) is 1.24. The minimum atomic E-state index is -1.04. The molecule has 2 aromatic carbocycles. The van der Waals surface area contributed by atoms with Crippen LogP contribution in [0.3, 0.4) is 0 Å². The zero-order valence-electron chi connectivity index (χ0n) is 15.1. The van der Waals surface area contributed by atoms with Crippen molar-refractivity contribution in [2.45, 2.75) is 6.92 Å². The molecule has 1 amide bonds. The van der Waals surface area contributed by atoms with Crippen LogP contribution in [0.25, 0.3) is 11.3 Å². The molecule has 1 aromatic heterocycles. The van der Waals surface area contributed by atoms with Crippen LogP contribution in [0.5, 0.6) is 0 Å². The van der Waals surface area contributed by atoms with E-state index in [2.05, 4.69) is 10.5 Å². The van der Waals surface area contributed by atoms with Gasteiger partial charge in [0.05, 0.1) is 29.0 Å². The van der Waals surface area contributed by atoms with E-state index in [0.29, 0.717) is 17.1 Å². The first-order chi connectivity index (χ1) is 13.9. The summed E-state index contributed by atoms with van der Waals surface area (Å²) in [5.74, 6) is -1.90. The Bertz CT molecular complexity index is 1170. The van der Waals surface area contributed by atoms with Gasteiger partial charge in [-0.1, -0.05) is 6.07 Å². The number of rotatable bonds is 5. The van der Waals surface area contributed by atoms with E-state index in [1.54, 1.807) is 24.3 Å². The van der Waals surface area contributed by atoms with Crippen LogP contribution in [0.2, 0.25) is 0 Å². The van der Waals surface area contributed by atoms with Gasteiger partial charge in [0.15, 0.2) is 0 Å². The van der Waals surface area contributed by atoms with E-state index in [1.165, 1.54) is 30.5 Å². The highest BCUT2D eigenvalue weighted by molar-refractivity contribution is 5.95. The molecule has 0 radical (unpaired) electrons. The molecule has 144 valence electrons. The summed E-state index contributed by atoms with van der Waals surface area (Å²) >= 11 is 0. The predicted octanol–water partition coefficient (Wildman–Crippen LogP) is 3.73. The maximum Gasteiger partial charge on any atom is 0.335 e. The molecule has 0 saturated carbocycles. The van der Waals surface area contributed by atoms with Crippen LogP contribution in [0.1, 0.15) is 37.6 Å². The molecule has 0 aliphatic carbocycles. The standard InChI is InChI=1S/C21H14FN3O4/c1-12-2-4-14(21(27)28)9-17(12)19-7-5-15(29-19)11-24-25-20(26)16-6-3-13(10-23)8-18(16)22/h2-9,11H,1H3,(H,25,26)(H,27,28)/b24-11-. The van der Waals surface area contributed by atoms with E-state index in [-0.39, 0.29) is 16.7 Å². The second-order valence-corrected chi connectivity index (χ2v) is 6.04. The third-order valence-electron chi connectivity index (χ3n) is 4.08. The van der Waals surface area contributed by atoms with E-state index in [9.17, 15) is 14.0 Å². The van der Waals surface area contributed by atoms with E-state index < -0.39 is 17.7 Å².